The number of fused-ring (bicyclic) bond motifs is 1. The van der Waals surface area contributed by atoms with Crippen LogP contribution in [0.5, 0.6) is 0 Å². The quantitative estimate of drug-likeness (QED) is 0.539. The lowest BCUT2D eigenvalue weighted by Crippen LogP contribution is -2.31. The summed E-state index contributed by atoms with van der Waals surface area (Å²) in [5.41, 5.74) is 5.86. The molecule has 146 valence electrons. The van der Waals surface area contributed by atoms with Crippen LogP contribution in [0.4, 0.5) is 13.2 Å². The number of alkyl halides is 3. The van der Waals surface area contributed by atoms with E-state index in [4.69, 9.17) is 5.11 Å². The predicted molar refractivity (Wildman–Crippen MR) is 101 cm³/mol. The maximum absolute atomic E-state index is 11.8. The molecule has 1 aliphatic heterocycles. The molecule has 1 aliphatic rings. The standard InChI is InChI=1S/C16H13N3OS.C3H3F3O/c20-16-12-8-15(19-13(12)2-5-18-16)10-1-4-17-14(7-10)11-3-6-21-9-11;1-2(7)3(4,5)6/h1,3-4,6-9,19H,2,5H2,(H,18,20);7H,1H2. The highest BCUT2D eigenvalue weighted by molar-refractivity contribution is 7.08. The van der Waals surface area contributed by atoms with Gasteiger partial charge in [-0.2, -0.15) is 24.5 Å². The minimum Gasteiger partial charge on any atom is -0.505 e. The summed E-state index contributed by atoms with van der Waals surface area (Å²) in [7, 11) is 0. The van der Waals surface area contributed by atoms with E-state index in [1.165, 1.54) is 0 Å². The van der Waals surface area contributed by atoms with Crippen molar-refractivity contribution in [3.8, 4) is 22.5 Å². The molecule has 0 spiro atoms. The topological polar surface area (TPSA) is 78.0 Å². The van der Waals surface area contributed by atoms with Gasteiger partial charge in [-0.25, -0.2) is 0 Å². The fourth-order valence-electron chi connectivity index (χ4n) is 2.62. The van der Waals surface area contributed by atoms with Crippen LogP contribution >= 0.6 is 11.3 Å². The van der Waals surface area contributed by atoms with Crippen molar-refractivity contribution in [3.63, 3.8) is 0 Å². The van der Waals surface area contributed by atoms with Crippen LogP contribution in [-0.4, -0.2) is 33.7 Å². The van der Waals surface area contributed by atoms with Crippen molar-refractivity contribution in [2.45, 2.75) is 12.6 Å². The molecule has 0 radical (unpaired) electrons. The normalized spacial score (nSPS) is 13.2. The van der Waals surface area contributed by atoms with Gasteiger partial charge in [-0.1, -0.05) is 6.58 Å². The zero-order valence-electron chi connectivity index (χ0n) is 14.5. The van der Waals surface area contributed by atoms with E-state index in [2.05, 4.69) is 39.4 Å². The summed E-state index contributed by atoms with van der Waals surface area (Å²) in [6.45, 7) is 2.95. The predicted octanol–water partition coefficient (Wildman–Crippen LogP) is 4.71. The second-order valence-corrected chi connectivity index (χ2v) is 6.75. The molecular formula is C19H16F3N3O2S. The Morgan fingerprint density at radius 2 is 2.00 bits per heavy atom. The summed E-state index contributed by atoms with van der Waals surface area (Å²) in [6.07, 6.45) is -1.98. The Bertz CT molecular complexity index is 994. The van der Waals surface area contributed by atoms with Gasteiger partial charge >= 0.3 is 6.18 Å². The van der Waals surface area contributed by atoms with Gasteiger partial charge in [-0.15, -0.1) is 0 Å². The summed E-state index contributed by atoms with van der Waals surface area (Å²) in [6, 6.07) is 8.00. The smallest absolute Gasteiger partial charge is 0.448 e. The first-order valence-electron chi connectivity index (χ1n) is 8.20. The Morgan fingerprint density at radius 1 is 1.25 bits per heavy atom. The van der Waals surface area contributed by atoms with E-state index in [0.717, 1.165) is 40.2 Å². The third-order valence-corrected chi connectivity index (χ3v) is 4.70. The van der Waals surface area contributed by atoms with E-state index in [9.17, 15) is 18.0 Å². The molecule has 0 saturated heterocycles. The van der Waals surface area contributed by atoms with Crippen LogP contribution in [0.25, 0.3) is 22.5 Å². The minimum atomic E-state index is -4.64. The average Bonchev–Trinajstić information content (AvgIpc) is 3.32. The van der Waals surface area contributed by atoms with Gasteiger partial charge in [0.2, 0.25) is 0 Å². The number of nitrogens with zero attached hydrogens (tertiary/aromatic N) is 1. The number of carbonyl (C=O) groups is 1. The fraction of sp³-hybridized carbons (Fsp3) is 0.158. The average molecular weight is 407 g/mol. The Kier molecular flexibility index (Phi) is 5.55. The first-order chi connectivity index (χ1) is 13.3. The molecule has 28 heavy (non-hydrogen) atoms. The number of aliphatic hydroxyl groups is 1. The molecule has 0 fully saturated rings. The van der Waals surface area contributed by atoms with Crippen LogP contribution < -0.4 is 5.32 Å². The summed E-state index contributed by atoms with van der Waals surface area (Å²) >= 11 is 1.66. The zero-order chi connectivity index (χ0) is 20.3. The number of carbonyl (C=O) groups excluding carboxylic acids is 1. The number of hydrogen-bond acceptors (Lipinski definition) is 4. The number of pyridine rings is 1. The highest BCUT2D eigenvalue weighted by atomic mass is 32.1. The lowest BCUT2D eigenvalue weighted by molar-refractivity contribution is -0.119. The monoisotopic (exact) mass is 407 g/mol. The van der Waals surface area contributed by atoms with Gasteiger partial charge in [0, 0.05) is 47.1 Å². The van der Waals surface area contributed by atoms with E-state index in [1.54, 1.807) is 11.3 Å². The van der Waals surface area contributed by atoms with Crippen LogP contribution in [0, 0.1) is 0 Å². The van der Waals surface area contributed by atoms with Crippen molar-refractivity contribution in [2.24, 2.45) is 0 Å². The van der Waals surface area contributed by atoms with Crippen LogP contribution in [0.2, 0.25) is 0 Å². The summed E-state index contributed by atoms with van der Waals surface area (Å²) < 4.78 is 32.5. The molecule has 0 bridgehead atoms. The molecule has 9 heteroatoms. The summed E-state index contributed by atoms with van der Waals surface area (Å²) in [5.74, 6) is -1.75. The summed E-state index contributed by atoms with van der Waals surface area (Å²) in [4.78, 5) is 19.6. The van der Waals surface area contributed by atoms with Gasteiger partial charge in [0.15, 0.2) is 5.76 Å². The van der Waals surface area contributed by atoms with E-state index < -0.39 is 11.9 Å². The number of hydrogen-bond donors (Lipinski definition) is 3. The molecule has 0 atom stereocenters. The van der Waals surface area contributed by atoms with E-state index >= 15 is 0 Å². The van der Waals surface area contributed by atoms with Gasteiger partial charge in [0.1, 0.15) is 0 Å². The number of halogens is 3. The van der Waals surface area contributed by atoms with Crippen molar-refractivity contribution in [1.29, 1.82) is 0 Å². The highest BCUT2D eigenvalue weighted by Gasteiger charge is 2.31. The molecule has 1 amide bonds. The van der Waals surface area contributed by atoms with Gasteiger partial charge < -0.3 is 15.4 Å². The zero-order valence-corrected chi connectivity index (χ0v) is 15.3. The highest BCUT2D eigenvalue weighted by Crippen LogP contribution is 2.27. The molecule has 5 nitrogen and oxygen atoms in total. The Hall–Kier alpha value is -3.07. The van der Waals surface area contributed by atoms with Crippen LogP contribution in [0.3, 0.4) is 0 Å². The number of rotatable bonds is 2. The maximum atomic E-state index is 11.8. The molecule has 3 aromatic heterocycles. The summed E-state index contributed by atoms with van der Waals surface area (Å²) in [5, 5.41) is 14.6. The molecule has 0 aliphatic carbocycles. The molecular weight excluding hydrogens is 391 g/mol. The molecule has 4 heterocycles. The van der Waals surface area contributed by atoms with Gasteiger partial charge in [-0.3, -0.25) is 9.78 Å². The first kappa shape index (κ1) is 19.7. The molecule has 0 saturated carbocycles. The molecule has 4 rings (SSSR count). The number of allylic oxidation sites excluding steroid dienone is 1. The second-order valence-electron chi connectivity index (χ2n) is 5.97. The largest absolute Gasteiger partial charge is 0.505 e. The lowest BCUT2D eigenvalue weighted by atomic mass is 10.1. The van der Waals surface area contributed by atoms with Crippen LogP contribution in [0.15, 0.2) is 53.6 Å². The number of nitrogens with one attached hydrogen (secondary N) is 2. The molecule has 0 aromatic carbocycles. The minimum absolute atomic E-state index is 0.00543. The van der Waals surface area contributed by atoms with Gasteiger partial charge in [0.05, 0.1) is 11.3 Å². The van der Waals surface area contributed by atoms with E-state index in [-0.39, 0.29) is 5.91 Å². The number of aromatic nitrogens is 2. The Morgan fingerprint density at radius 3 is 2.61 bits per heavy atom. The number of aliphatic hydroxyl groups excluding tert-OH is 1. The SMILES string of the molecule is C=C(O)C(F)(F)F.O=C1NCCc2[nH]c(-c3ccnc(-c4ccsc4)c3)cc21. The molecule has 3 aromatic rings. The van der Waals surface area contributed by atoms with E-state index in [0.29, 0.717) is 6.54 Å². The second kappa shape index (κ2) is 7.89. The Labute approximate surface area is 162 Å². The molecule has 0 unspecified atom stereocenters. The Balaban J connectivity index is 0.000000279. The van der Waals surface area contributed by atoms with Crippen LogP contribution in [0.1, 0.15) is 16.1 Å². The third-order valence-electron chi connectivity index (χ3n) is 4.02. The third kappa shape index (κ3) is 4.42. The molecule has 3 N–H and O–H groups in total. The van der Waals surface area contributed by atoms with Crippen molar-refractivity contribution >= 4 is 17.2 Å². The number of aromatic amines is 1. The number of amides is 1. The number of thiophene rings is 1. The fourth-order valence-corrected chi connectivity index (χ4v) is 3.26. The van der Waals surface area contributed by atoms with Gasteiger partial charge in [-0.05, 0) is 29.6 Å². The van der Waals surface area contributed by atoms with Crippen molar-refractivity contribution in [2.75, 3.05) is 6.54 Å². The van der Waals surface area contributed by atoms with Crippen molar-refractivity contribution in [3.05, 3.63) is 64.8 Å². The maximum Gasteiger partial charge on any atom is 0.448 e. The van der Waals surface area contributed by atoms with E-state index in [1.807, 2.05) is 23.7 Å². The van der Waals surface area contributed by atoms with Crippen molar-refractivity contribution in [1.82, 2.24) is 15.3 Å². The lowest BCUT2D eigenvalue weighted by Gasteiger charge is -2.10. The van der Waals surface area contributed by atoms with Crippen LogP contribution in [-0.2, 0) is 6.42 Å². The van der Waals surface area contributed by atoms with Gasteiger partial charge in [0.25, 0.3) is 5.91 Å². The first-order valence-corrected chi connectivity index (χ1v) is 9.14. The van der Waals surface area contributed by atoms with Crippen molar-refractivity contribution < 1.29 is 23.1 Å². The number of H-pyrrole nitrogens is 1.